The van der Waals surface area contributed by atoms with Gasteiger partial charge in [-0.3, -0.25) is 0 Å². The van der Waals surface area contributed by atoms with Gasteiger partial charge in [0.05, 0.1) is 13.2 Å². The van der Waals surface area contributed by atoms with E-state index in [1.807, 2.05) is 37.3 Å². The van der Waals surface area contributed by atoms with E-state index in [9.17, 15) is 4.79 Å². The van der Waals surface area contributed by atoms with Crippen molar-refractivity contribution in [2.75, 3.05) is 7.11 Å². The van der Waals surface area contributed by atoms with Crippen molar-refractivity contribution in [3.8, 4) is 0 Å². The Hall–Kier alpha value is -0.780. The van der Waals surface area contributed by atoms with Crippen molar-refractivity contribution in [3.63, 3.8) is 0 Å². The number of methoxy groups -OCH3 is 1. The summed E-state index contributed by atoms with van der Waals surface area (Å²) in [6.07, 6.45) is -0.396. The van der Waals surface area contributed by atoms with Gasteiger partial charge in [-0.15, -0.1) is 0 Å². The number of halogens is 1. The molecule has 1 amide bonds. The van der Waals surface area contributed by atoms with E-state index < -0.39 is 6.09 Å². The molecule has 1 aromatic carbocycles. The Bertz CT molecular complexity index is 314. The molecule has 4 heteroatoms. The zero-order valence-corrected chi connectivity index (χ0v) is 10.9. The lowest BCUT2D eigenvalue weighted by atomic mass is 10.1. The van der Waals surface area contributed by atoms with Crippen LogP contribution in [-0.2, 0) is 4.74 Å². The van der Waals surface area contributed by atoms with Gasteiger partial charge < -0.3 is 10.1 Å². The van der Waals surface area contributed by atoms with Crippen molar-refractivity contribution < 1.29 is 9.53 Å². The fourth-order valence-electron chi connectivity index (χ4n) is 1.31. The number of carbonyl (C=O) groups is 1. The summed E-state index contributed by atoms with van der Waals surface area (Å²) >= 11 is 2.29. The van der Waals surface area contributed by atoms with Crippen molar-refractivity contribution in [2.45, 2.75) is 16.9 Å². The minimum atomic E-state index is -0.396. The topological polar surface area (TPSA) is 38.3 Å². The average molecular weight is 319 g/mol. The van der Waals surface area contributed by atoms with Crippen LogP contribution in [0.25, 0.3) is 0 Å². The van der Waals surface area contributed by atoms with Crippen LogP contribution in [0.4, 0.5) is 4.79 Å². The van der Waals surface area contributed by atoms with Crippen molar-refractivity contribution in [3.05, 3.63) is 35.9 Å². The van der Waals surface area contributed by atoms with E-state index in [4.69, 9.17) is 0 Å². The predicted molar refractivity (Wildman–Crippen MR) is 68.2 cm³/mol. The van der Waals surface area contributed by atoms with Gasteiger partial charge >= 0.3 is 6.09 Å². The fourth-order valence-corrected chi connectivity index (χ4v) is 1.90. The number of amides is 1. The third-order valence-corrected chi connectivity index (χ3v) is 2.80. The number of nitrogens with one attached hydrogen (secondary N) is 1. The van der Waals surface area contributed by atoms with Crippen LogP contribution in [-0.4, -0.2) is 17.1 Å². The van der Waals surface area contributed by atoms with Gasteiger partial charge in [0.2, 0.25) is 0 Å². The van der Waals surface area contributed by atoms with Gasteiger partial charge in [-0.1, -0.05) is 59.8 Å². The molecular formula is C11H14INO2. The number of hydrogen-bond acceptors (Lipinski definition) is 2. The van der Waals surface area contributed by atoms with E-state index in [2.05, 4.69) is 32.6 Å². The number of rotatable bonds is 3. The number of alkyl carbamates (subject to hydrolysis) is 1. The normalized spacial score (nSPS) is 14.1. The van der Waals surface area contributed by atoms with Gasteiger partial charge in [-0.2, -0.15) is 0 Å². The van der Waals surface area contributed by atoms with E-state index >= 15 is 0 Å². The number of carbonyl (C=O) groups excluding carboxylic acids is 1. The minimum absolute atomic E-state index is 0.0146. The highest BCUT2D eigenvalue weighted by molar-refractivity contribution is 14.1. The quantitative estimate of drug-likeness (QED) is 0.687. The molecule has 0 spiro atoms. The molecule has 0 aliphatic rings. The van der Waals surface area contributed by atoms with Crippen molar-refractivity contribution in [1.29, 1.82) is 0 Å². The molecule has 0 fully saturated rings. The molecule has 0 radical (unpaired) electrons. The lowest BCUT2D eigenvalue weighted by molar-refractivity contribution is 0.166. The van der Waals surface area contributed by atoms with Crippen molar-refractivity contribution >= 4 is 28.7 Å². The maximum absolute atomic E-state index is 11.2. The molecule has 0 heterocycles. The molecule has 1 rings (SSSR count). The summed E-state index contributed by atoms with van der Waals surface area (Å²) in [6, 6.07) is 9.85. The van der Waals surface area contributed by atoms with Crippen LogP contribution in [0, 0.1) is 0 Å². The summed E-state index contributed by atoms with van der Waals surface area (Å²) in [7, 11) is 1.37. The summed E-state index contributed by atoms with van der Waals surface area (Å²) in [5.41, 5.74) is 1.09. The predicted octanol–water partition coefficient (Wildman–Crippen LogP) is 2.91. The van der Waals surface area contributed by atoms with Crippen LogP contribution in [0.5, 0.6) is 0 Å². The molecule has 0 saturated carbocycles. The van der Waals surface area contributed by atoms with Crippen LogP contribution >= 0.6 is 22.6 Å². The molecule has 0 bridgehead atoms. The number of alkyl halides is 1. The second-order valence-electron chi connectivity index (χ2n) is 3.20. The highest BCUT2D eigenvalue weighted by Crippen LogP contribution is 2.22. The van der Waals surface area contributed by atoms with E-state index in [0.29, 0.717) is 3.92 Å². The average Bonchev–Trinajstić information content (AvgIpc) is 2.26. The Labute approximate surface area is 103 Å². The van der Waals surface area contributed by atoms with Crippen LogP contribution in [0.2, 0.25) is 0 Å². The van der Waals surface area contributed by atoms with Crippen LogP contribution < -0.4 is 5.32 Å². The smallest absolute Gasteiger partial charge is 0.407 e. The van der Waals surface area contributed by atoms with Crippen LogP contribution in [0.15, 0.2) is 30.3 Å². The van der Waals surface area contributed by atoms with Gasteiger partial charge in [-0.25, -0.2) is 4.79 Å². The standard InChI is InChI=1S/C11H14INO2/c1-8(12)10(13-11(14)15-2)9-6-4-3-5-7-9/h3-8,10H,1-2H3,(H,13,14)/t8-,10+/m0/s1. The Morgan fingerprint density at radius 3 is 2.47 bits per heavy atom. The van der Waals surface area contributed by atoms with E-state index in [1.54, 1.807) is 0 Å². The second kappa shape index (κ2) is 5.95. The molecule has 0 unspecified atom stereocenters. The number of hydrogen-bond donors (Lipinski definition) is 1. The van der Waals surface area contributed by atoms with E-state index in [-0.39, 0.29) is 6.04 Å². The fraction of sp³-hybridized carbons (Fsp3) is 0.364. The van der Waals surface area contributed by atoms with Crippen LogP contribution in [0.1, 0.15) is 18.5 Å². The third-order valence-electron chi connectivity index (χ3n) is 2.08. The van der Waals surface area contributed by atoms with Gasteiger partial charge in [0.1, 0.15) is 0 Å². The Kier molecular flexibility index (Phi) is 4.87. The van der Waals surface area contributed by atoms with Crippen molar-refractivity contribution in [2.24, 2.45) is 0 Å². The first-order chi connectivity index (χ1) is 7.15. The Balaban J connectivity index is 2.79. The maximum atomic E-state index is 11.2. The first-order valence-electron chi connectivity index (χ1n) is 4.68. The van der Waals surface area contributed by atoms with E-state index in [0.717, 1.165) is 5.56 Å². The van der Waals surface area contributed by atoms with E-state index in [1.165, 1.54) is 7.11 Å². The zero-order chi connectivity index (χ0) is 11.3. The number of ether oxygens (including phenoxy) is 1. The molecule has 0 aliphatic carbocycles. The Morgan fingerprint density at radius 2 is 2.00 bits per heavy atom. The molecule has 0 aromatic heterocycles. The van der Waals surface area contributed by atoms with Gasteiger partial charge in [0.15, 0.2) is 0 Å². The summed E-state index contributed by atoms with van der Waals surface area (Å²) in [6.45, 7) is 2.05. The molecule has 3 nitrogen and oxygen atoms in total. The summed E-state index contributed by atoms with van der Waals surface area (Å²) in [4.78, 5) is 11.2. The van der Waals surface area contributed by atoms with Crippen molar-refractivity contribution in [1.82, 2.24) is 5.32 Å². The lowest BCUT2D eigenvalue weighted by Crippen LogP contribution is -2.32. The molecule has 2 atom stereocenters. The SMILES string of the molecule is COC(=O)N[C@@H](c1ccccc1)[C@H](C)I. The molecule has 82 valence electrons. The largest absolute Gasteiger partial charge is 0.453 e. The van der Waals surface area contributed by atoms with Gasteiger partial charge in [-0.05, 0) is 5.56 Å². The summed E-state index contributed by atoms with van der Waals surface area (Å²) in [5, 5.41) is 2.81. The molecular weight excluding hydrogens is 305 g/mol. The first kappa shape index (κ1) is 12.3. The molecule has 1 aromatic rings. The first-order valence-corrected chi connectivity index (χ1v) is 5.93. The molecule has 0 aliphatic heterocycles. The summed E-state index contributed by atoms with van der Waals surface area (Å²) in [5.74, 6) is 0. The summed E-state index contributed by atoms with van der Waals surface area (Å²) < 4.78 is 4.89. The monoisotopic (exact) mass is 319 g/mol. The van der Waals surface area contributed by atoms with Gasteiger partial charge in [0.25, 0.3) is 0 Å². The van der Waals surface area contributed by atoms with Crippen LogP contribution in [0.3, 0.4) is 0 Å². The third kappa shape index (κ3) is 3.70. The zero-order valence-electron chi connectivity index (χ0n) is 8.74. The lowest BCUT2D eigenvalue weighted by Gasteiger charge is -2.20. The highest BCUT2D eigenvalue weighted by Gasteiger charge is 2.18. The van der Waals surface area contributed by atoms with Gasteiger partial charge in [0, 0.05) is 3.92 Å². The maximum Gasteiger partial charge on any atom is 0.407 e. The number of benzene rings is 1. The Morgan fingerprint density at radius 1 is 1.40 bits per heavy atom. The minimum Gasteiger partial charge on any atom is -0.453 e. The highest BCUT2D eigenvalue weighted by atomic mass is 127. The molecule has 15 heavy (non-hydrogen) atoms. The molecule has 0 saturated heterocycles. The second-order valence-corrected chi connectivity index (χ2v) is 5.17. The molecule has 1 N–H and O–H groups in total.